The highest BCUT2D eigenvalue weighted by Crippen LogP contribution is 2.35. The molecule has 1 heteroatoms. The molecule has 46 valence electrons. The average molecular weight is 111 g/mol. The molecule has 2 bridgehead atoms. The normalized spacial score (nSPS) is 46.1. The van der Waals surface area contributed by atoms with Gasteiger partial charge in [-0.1, -0.05) is 0 Å². The van der Waals surface area contributed by atoms with Gasteiger partial charge in [-0.25, -0.2) is 0 Å². The largest absolute Gasteiger partial charge is 0.303 e. The number of fused-ring (bicyclic) bond motifs is 2. The third kappa shape index (κ3) is 0.510. The molecule has 0 aromatic heterocycles. The molecule has 0 aromatic rings. The zero-order valence-electron chi connectivity index (χ0n) is 5.43. The van der Waals surface area contributed by atoms with Crippen molar-refractivity contribution in [3.63, 3.8) is 0 Å². The summed E-state index contributed by atoms with van der Waals surface area (Å²) in [5.41, 5.74) is 0. The van der Waals surface area contributed by atoms with E-state index in [2.05, 4.69) is 11.9 Å². The first-order chi connectivity index (χ1) is 3.86. The van der Waals surface area contributed by atoms with Crippen LogP contribution in [0.4, 0.5) is 0 Å². The molecule has 0 aromatic carbocycles. The number of hydrogen-bond acceptors (Lipinski definition) is 1. The van der Waals surface area contributed by atoms with Gasteiger partial charge in [-0.15, -0.1) is 0 Å². The van der Waals surface area contributed by atoms with E-state index in [0.717, 1.165) is 12.0 Å². The van der Waals surface area contributed by atoms with E-state index in [1.165, 1.54) is 25.8 Å². The summed E-state index contributed by atoms with van der Waals surface area (Å²) in [6, 6.07) is 0.972. The molecule has 0 unspecified atom stereocenters. The number of likely N-dealkylation sites (tertiary alicyclic amines) is 1. The molecule has 2 fully saturated rings. The van der Waals surface area contributed by atoms with Gasteiger partial charge in [-0.05, 0) is 32.2 Å². The molecule has 8 heavy (non-hydrogen) atoms. The molecular weight excluding hydrogens is 98.1 g/mol. The zero-order chi connectivity index (χ0) is 5.56. The summed E-state index contributed by atoms with van der Waals surface area (Å²) in [6.07, 6.45) is 4.48. The van der Waals surface area contributed by atoms with Crippen molar-refractivity contribution in [3.05, 3.63) is 0 Å². The van der Waals surface area contributed by atoms with Gasteiger partial charge in [0.2, 0.25) is 0 Å². The lowest BCUT2D eigenvalue weighted by Gasteiger charge is -2.20. The Morgan fingerprint density at radius 1 is 1.38 bits per heavy atom. The lowest BCUT2D eigenvalue weighted by atomic mass is 10.1. The Hall–Kier alpha value is -0.0400. The maximum Gasteiger partial charge on any atom is 0.00955 e. The third-order valence-corrected chi connectivity index (χ3v) is 2.68. The predicted octanol–water partition coefficient (Wildman–Crippen LogP) is 1.10. The van der Waals surface area contributed by atoms with Gasteiger partial charge in [0, 0.05) is 12.6 Å². The Bertz CT molecular complexity index is 98.6. The minimum Gasteiger partial charge on any atom is -0.303 e. The maximum absolute atomic E-state index is 2.51. The fourth-order valence-electron chi connectivity index (χ4n) is 2.17. The first kappa shape index (κ1) is 4.80. The van der Waals surface area contributed by atoms with E-state index in [-0.39, 0.29) is 0 Å². The minimum absolute atomic E-state index is 0.972. The van der Waals surface area contributed by atoms with Gasteiger partial charge in [-0.3, -0.25) is 0 Å². The van der Waals surface area contributed by atoms with Gasteiger partial charge in [0.25, 0.3) is 0 Å². The van der Waals surface area contributed by atoms with Crippen molar-refractivity contribution in [3.8, 4) is 0 Å². The van der Waals surface area contributed by atoms with E-state index in [9.17, 15) is 0 Å². The van der Waals surface area contributed by atoms with E-state index in [1.807, 2.05) is 0 Å². The van der Waals surface area contributed by atoms with Crippen LogP contribution in [0, 0.1) is 5.92 Å². The molecule has 1 aliphatic heterocycles. The van der Waals surface area contributed by atoms with Gasteiger partial charge < -0.3 is 4.90 Å². The van der Waals surface area contributed by atoms with Crippen molar-refractivity contribution in [2.24, 2.45) is 5.92 Å². The standard InChI is InChI=1S/C7H13N/c1-8-5-6-2-3-7(8)4-6/h6-7H,2-5H2,1H3/t6-,7+/m0/s1. The van der Waals surface area contributed by atoms with E-state index >= 15 is 0 Å². The van der Waals surface area contributed by atoms with Crippen LogP contribution in [0.1, 0.15) is 19.3 Å². The Morgan fingerprint density at radius 3 is 2.50 bits per heavy atom. The monoisotopic (exact) mass is 111 g/mol. The molecule has 1 nitrogen and oxygen atoms in total. The van der Waals surface area contributed by atoms with Gasteiger partial charge >= 0.3 is 0 Å². The second-order valence-electron chi connectivity index (χ2n) is 3.27. The fraction of sp³-hybridized carbons (Fsp3) is 1.00. The Balaban J connectivity index is 2.11. The average Bonchev–Trinajstić information content (AvgIpc) is 2.23. The van der Waals surface area contributed by atoms with E-state index in [4.69, 9.17) is 0 Å². The number of hydrogen-bond donors (Lipinski definition) is 0. The Morgan fingerprint density at radius 2 is 2.25 bits per heavy atom. The van der Waals surface area contributed by atoms with Crippen LogP contribution in [0.2, 0.25) is 0 Å². The number of rotatable bonds is 0. The Kier molecular flexibility index (Phi) is 0.884. The van der Waals surface area contributed by atoms with Gasteiger partial charge in [0.1, 0.15) is 0 Å². The third-order valence-electron chi connectivity index (χ3n) is 2.68. The van der Waals surface area contributed by atoms with E-state index in [1.54, 1.807) is 0 Å². The van der Waals surface area contributed by atoms with Crippen molar-refractivity contribution in [1.82, 2.24) is 4.90 Å². The molecule has 1 saturated heterocycles. The Labute approximate surface area is 50.7 Å². The molecule has 0 radical (unpaired) electrons. The minimum atomic E-state index is 0.972. The molecule has 0 amide bonds. The van der Waals surface area contributed by atoms with Crippen molar-refractivity contribution in [2.75, 3.05) is 13.6 Å². The highest BCUT2D eigenvalue weighted by atomic mass is 15.2. The van der Waals surface area contributed by atoms with Crippen LogP contribution in [0.25, 0.3) is 0 Å². The van der Waals surface area contributed by atoms with Crippen LogP contribution in [-0.4, -0.2) is 24.5 Å². The first-order valence-electron chi connectivity index (χ1n) is 3.56. The summed E-state index contributed by atoms with van der Waals surface area (Å²) >= 11 is 0. The summed E-state index contributed by atoms with van der Waals surface area (Å²) in [4.78, 5) is 2.51. The van der Waals surface area contributed by atoms with Crippen molar-refractivity contribution in [2.45, 2.75) is 25.3 Å². The van der Waals surface area contributed by atoms with Crippen molar-refractivity contribution < 1.29 is 0 Å². The van der Waals surface area contributed by atoms with Crippen molar-refractivity contribution in [1.29, 1.82) is 0 Å². The number of nitrogens with zero attached hydrogens (tertiary/aromatic N) is 1. The van der Waals surface area contributed by atoms with Gasteiger partial charge in [-0.2, -0.15) is 0 Å². The molecule has 0 N–H and O–H groups in total. The fourth-order valence-corrected chi connectivity index (χ4v) is 2.17. The summed E-state index contributed by atoms with van der Waals surface area (Å²) < 4.78 is 0. The van der Waals surface area contributed by atoms with Crippen LogP contribution in [0.15, 0.2) is 0 Å². The van der Waals surface area contributed by atoms with E-state index in [0.29, 0.717) is 0 Å². The number of piperidine rings is 1. The highest BCUT2D eigenvalue weighted by Gasteiger charge is 2.34. The molecule has 1 saturated carbocycles. The van der Waals surface area contributed by atoms with Crippen LogP contribution in [-0.2, 0) is 0 Å². The summed E-state index contributed by atoms with van der Waals surface area (Å²) in [5, 5.41) is 0. The van der Waals surface area contributed by atoms with Crippen molar-refractivity contribution >= 4 is 0 Å². The second-order valence-corrected chi connectivity index (χ2v) is 3.27. The molecule has 2 aliphatic rings. The smallest absolute Gasteiger partial charge is 0.00955 e. The predicted molar refractivity (Wildman–Crippen MR) is 33.8 cm³/mol. The van der Waals surface area contributed by atoms with Crippen LogP contribution in [0.3, 0.4) is 0 Å². The molecule has 2 atom stereocenters. The van der Waals surface area contributed by atoms with Gasteiger partial charge in [0.05, 0.1) is 0 Å². The van der Waals surface area contributed by atoms with Crippen LogP contribution < -0.4 is 0 Å². The zero-order valence-corrected chi connectivity index (χ0v) is 5.43. The first-order valence-corrected chi connectivity index (χ1v) is 3.56. The molecular formula is C7H13N. The summed E-state index contributed by atoms with van der Waals surface area (Å²) in [7, 11) is 2.25. The van der Waals surface area contributed by atoms with E-state index < -0.39 is 0 Å². The van der Waals surface area contributed by atoms with Gasteiger partial charge in [0.15, 0.2) is 0 Å². The quantitative estimate of drug-likeness (QED) is 0.452. The lowest BCUT2D eigenvalue weighted by Crippen LogP contribution is -2.27. The van der Waals surface area contributed by atoms with Crippen LogP contribution in [0.5, 0.6) is 0 Å². The maximum atomic E-state index is 2.51. The second kappa shape index (κ2) is 1.47. The molecule has 1 heterocycles. The summed E-state index contributed by atoms with van der Waals surface area (Å²) in [5.74, 6) is 1.07. The summed E-state index contributed by atoms with van der Waals surface area (Å²) in [6.45, 7) is 1.38. The molecule has 2 rings (SSSR count). The topological polar surface area (TPSA) is 3.24 Å². The lowest BCUT2D eigenvalue weighted by molar-refractivity contribution is 0.261. The SMILES string of the molecule is CN1C[C@H]2CC[C@@H]1C2. The van der Waals surface area contributed by atoms with Crippen LogP contribution >= 0.6 is 0 Å². The molecule has 1 aliphatic carbocycles. The highest BCUT2D eigenvalue weighted by molar-refractivity contribution is 4.89. The molecule has 0 spiro atoms.